The van der Waals surface area contributed by atoms with Crippen molar-refractivity contribution in [2.45, 2.75) is 26.3 Å². The molecule has 0 aromatic heterocycles. The summed E-state index contributed by atoms with van der Waals surface area (Å²) in [4.78, 5) is 27.5. The molecule has 1 aromatic carbocycles. The van der Waals surface area contributed by atoms with Gasteiger partial charge in [0.15, 0.2) is 0 Å². The van der Waals surface area contributed by atoms with Gasteiger partial charge in [-0.15, -0.1) is 0 Å². The summed E-state index contributed by atoms with van der Waals surface area (Å²) in [6.45, 7) is 5.43. The molecule has 1 saturated heterocycles. The van der Waals surface area contributed by atoms with Crippen molar-refractivity contribution in [1.29, 1.82) is 0 Å². The van der Waals surface area contributed by atoms with Gasteiger partial charge in [-0.25, -0.2) is 13.6 Å². The third-order valence-electron chi connectivity index (χ3n) is 3.64. The maximum Gasteiger partial charge on any atom is 0.317 e. The SMILES string of the molecule is CC(C)NC(=O)N1CCCN(C(=O)c2ccc(F)cc2F)CC1. The van der Waals surface area contributed by atoms with Crippen LogP contribution in [0.1, 0.15) is 30.6 Å². The van der Waals surface area contributed by atoms with Gasteiger partial charge in [0.05, 0.1) is 5.56 Å². The number of carbonyl (C=O) groups excluding carboxylic acids is 2. The summed E-state index contributed by atoms with van der Waals surface area (Å²) in [5.41, 5.74) is -0.147. The number of amides is 3. The molecule has 0 unspecified atom stereocenters. The van der Waals surface area contributed by atoms with Crippen LogP contribution >= 0.6 is 0 Å². The van der Waals surface area contributed by atoms with Gasteiger partial charge in [0.2, 0.25) is 0 Å². The largest absolute Gasteiger partial charge is 0.337 e. The molecule has 0 atom stereocenters. The number of halogens is 2. The van der Waals surface area contributed by atoms with E-state index in [0.717, 1.165) is 12.1 Å². The first-order chi connectivity index (χ1) is 10.9. The van der Waals surface area contributed by atoms with Crippen LogP contribution in [0.2, 0.25) is 0 Å². The van der Waals surface area contributed by atoms with Crippen molar-refractivity contribution in [3.8, 4) is 0 Å². The van der Waals surface area contributed by atoms with Crippen molar-refractivity contribution >= 4 is 11.9 Å². The summed E-state index contributed by atoms with van der Waals surface area (Å²) in [5.74, 6) is -2.06. The summed E-state index contributed by atoms with van der Waals surface area (Å²) in [5, 5.41) is 2.81. The standard InChI is InChI=1S/C16H21F2N3O2/c1-11(2)19-16(23)21-7-3-6-20(8-9-21)15(22)13-5-4-12(17)10-14(13)18/h4-5,10-11H,3,6-9H2,1-2H3,(H,19,23). The predicted molar refractivity (Wildman–Crippen MR) is 82.1 cm³/mol. The molecule has 3 amide bonds. The molecular formula is C16H21F2N3O2. The first-order valence-corrected chi connectivity index (χ1v) is 7.68. The lowest BCUT2D eigenvalue weighted by Gasteiger charge is -2.23. The third kappa shape index (κ3) is 4.40. The Labute approximate surface area is 134 Å². The molecule has 1 aliphatic rings. The van der Waals surface area contributed by atoms with Crippen molar-refractivity contribution in [2.75, 3.05) is 26.2 Å². The van der Waals surface area contributed by atoms with Crippen molar-refractivity contribution in [2.24, 2.45) is 0 Å². The van der Waals surface area contributed by atoms with Crippen molar-refractivity contribution in [1.82, 2.24) is 15.1 Å². The molecule has 0 radical (unpaired) electrons. The zero-order valence-electron chi connectivity index (χ0n) is 13.3. The monoisotopic (exact) mass is 325 g/mol. The highest BCUT2D eigenvalue weighted by Crippen LogP contribution is 2.14. The molecule has 1 heterocycles. The highest BCUT2D eigenvalue weighted by atomic mass is 19.1. The number of rotatable bonds is 2. The van der Waals surface area contributed by atoms with E-state index in [1.54, 1.807) is 4.90 Å². The minimum Gasteiger partial charge on any atom is -0.337 e. The Balaban J connectivity index is 2.02. The van der Waals surface area contributed by atoms with Crippen LogP contribution in [0.25, 0.3) is 0 Å². The molecule has 0 spiro atoms. The molecule has 2 rings (SSSR count). The summed E-state index contributed by atoms with van der Waals surface area (Å²) in [7, 11) is 0. The maximum absolute atomic E-state index is 13.7. The molecule has 1 fully saturated rings. The van der Waals surface area contributed by atoms with E-state index in [9.17, 15) is 18.4 Å². The molecule has 0 saturated carbocycles. The Kier molecular flexibility index (Phi) is 5.52. The van der Waals surface area contributed by atoms with Crippen molar-refractivity contribution in [3.05, 3.63) is 35.4 Å². The van der Waals surface area contributed by atoms with Gasteiger partial charge in [0, 0.05) is 38.3 Å². The first-order valence-electron chi connectivity index (χ1n) is 7.68. The van der Waals surface area contributed by atoms with E-state index in [0.29, 0.717) is 38.7 Å². The van der Waals surface area contributed by atoms with Gasteiger partial charge in [-0.1, -0.05) is 0 Å². The normalized spacial score (nSPS) is 15.5. The van der Waals surface area contributed by atoms with Crippen LogP contribution in [-0.4, -0.2) is 54.0 Å². The van der Waals surface area contributed by atoms with Crippen LogP contribution in [0, 0.1) is 11.6 Å². The number of benzene rings is 1. The van der Waals surface area contributed by atoms with Crippen LogP contribution in [0.15, 0.2) is 18.2 Å². The number of hydrogen-bond acceptors (Lipinski definition) is 2. The van der Waals surface area contributed by atoms with E-state index in [-0.39, 0.29) is 17.6 Å². The van der Waals surface area contributed by atoms with Gasteiger partial charge >= 0.3 is 6.03 Å². The Morgan fingerprint density at radius 1 is 1.09 bits per heavy atom. The fraction of sp³-hybridized carbons (Fsp3) is 0.500. The molecule has 23 heavy (non-hydrogen) atoms. The molecule has 0 aliphatic carbocycles. The van der Waals surface area contributed by atoms with Crippen LogP contribution in [0.4, 0.5) is 13.6 Å². The van der Waals surface area contributed by atoms with E-state index in [1.165, 1.54) is 4.90 Å². The molecule has 126 valence electrons. The quantitative estimate of drug-likeness (QED) is 0.906. The number of nitrogens with one attached hydrogen (secondary N) is 1. The lowest BCUT2D eigenvalue weighted by atomic mass is 10.1. The van der Waals surface area contributed by atoms with Gasteiger partial charge in [-0.2, -0.15) is 0 Å². The number of nitrogens with zero attached hydrogens (tertiary/aromatic N) is 2. The first kappa shape index (κ1) is 17.2. The lowest BCUT2D eigenvalue weighted by molar-refractivity contribution is 0.0757. The van der Waals surface area contributed by atoms with E-state index in [2.05, 4.69) is 5.32 Å². The Hall–Kier alpha value is -2.18. The van der Waals surface area contributed by atoms with Gasteiger partial charge in [0.25, 0.3) is 5.91 Å². The summed E-state index contributed by atoms with van der Waals surface area (Å²) in [6, 6.07) is 2.80. The maximum atomic E-state index is 13.7. The minimum atomic E-state index is -0.867. The van der Waals surface area contributed by atoms with E-state index < -0.39 is 17.5 Å². The molecule has 5 nitrogen and oxygen atoms in total. The number of hydrogen-bond donors (Lipinski definition) is 1. The smallest absolute Gasteiger partial charge is 0.317 e. The average Bonchev–Trinajstić information content (AvgIpc) is 2.71. The summed E-state index contributed by atoms with van der Waals surface area (Å²) in [6.07, 6.45) is 0.611. The second kappa shape index (κ2) is 7.39. The molecule has 7 heteroatoms. The minimum absolute atomic E-state index is 0.0387. The Morgan fingerprint density at radius 2 is 1.74 bits per heavy atom. The average molecular weight is 325 g/mol. The van der Waals surface area contributed by atoms with Crippen LogP contribution < -0.4 is 5.32 Å². The zero-order chi connectivity index (χ0) is 17.0. The van der Waals surface area contributed by atoms with E-state index in [1.807, 2.05) is 13.8 Å². The van der Waals surface area contributed by atoms with Crippen molar-refractivity contribution < 1.29 is 18.4 Å². The molecular weight excluding hydrogens is 304 g/mol. The Bertz CT molecular complexity index is 593. The number of urea groups is 1. The van der Waals surface area contributed by atoms with E-state index in [4.69, 9.17) is 0 Å². The fourth-order valence-electron chi connectivity index (χ4n) is 2.50. The van der Waals surface area contributed by atoms with Gasteiger partial charge < -0.3 is 15.1 Å². The second-order valence-electron chi connectivity index (χ2n) is 5.86. The molecule has 1 N–H and O–H groups in total. The summed E-state index contributed by atoms with van der Waals surface area (Å²) < 4.78 is 26.7. The molecule has 0 bridgehead atoms. The Morgan fingerprint density at radius 3 is 2.39 bits per heavy atom. The second-order valence-corrected chi connectivity index (χ2v) is 5.86. The highest BCUT2D eigenvalue weighted by Gasteiger charge is 2.24. The van der Waals surface area contributed by atoms with E-state index >= 15 is 0 Å². The predicted octanol–water partition coefficient (Wildman–Crippen LogP) is 2.23. The fourth-order valence-corrected chi connectivity index (χ4v) is 2.50. The molecule has 1 aliphatic heterocycles. The number of carbonyl (C=O) groups is 2. The van der Waals surface area contributed by atoms with Crippen LogP contribution in [0.5, 0.6) is 0 Å². The van der Waals surface area contributed by atoms with Gasteiger partial charge in [-0.3, -0.25) is 4.79 Å². The third-order valence-corrected chi connectivity index (χ3v) is 3.64. The van der Waals surface area contributed by atoms with Gasteiger partial charge in [0.1, 0.15) is 11.6 Å². The highest BCUT2D eigenvalue weighted by molar-refractivity contribution is 5.94. The molecule has 1 aromatic rings. The zero-order valence-corrected chi connectivity index (χ0v) is 13.3. The summed E-state index contributed by atoms with van der Waals surface area (Å²) >= 11 is 0. The lowest BCUT2D eigenvalue weighted by Crippen LogP contribution is -2.44. The van der Waals surface area contributed by atoms with Crippen LogP contribution in [0.3, 0.4) is 0 Å². The topological polar surface area (TPSA) is 52.7 Å². The van der Waals surface area contributed by atoms with Gasteiger partial charge in [-0.05, 0) is 32.4 Å². The van der Waals surface area contributed by atoms with Crippen molar-refractivity contribution in [3.63, 3.8) is 0 Å². The van der Waals surface area contributed by atoms with Crippen LogP contribution in [-0.2, 0) is 0 Å².